The SMILES string of the molecule is NC(=O)COC1CCC12CCN(C(=O)c1ccc(F)c(Cl)c1)CC2. The highest BCUT2D eigenvalue weighted by atomic mass is 35.5. The quantitative estimate of drug-likeness (QED) is 0.902. The van der Waals surface area contributed by atoms with Gasteiger partial charge in [-0.3, -0.25) is 9.59 Å². The molecule has 7 heteroatoms. The largest absolute Gasteiger partial charge is 0.368 e. The van der Waals surface area contributed by atoms with Crippen molar-refractivity contribution in [3.63, 3.8) is 0 Å². The minimum absolute atomic E-state index is 0.0440. The second-order valence-electron chi connectivity index (χ2n) is 6.59. The molecule has 1 aromatic rings. The molecular formula is C17H20ClFN2O3. The van der Waals surface area contributed by atoms with Crippen molar-refractivity contribution in [2.75, 3.05) is 19.7 Å². The van der Waals surface area contributed by atoms with Gasteiger partial charge in [-0.25, -0.2) is 4.39 Å². The molecule has 24 heavy (non-hydrogen) atoms. The number of primary amides is 1. The normalized spacial score (nSPS) is 22.2. The van der Waals surface area contributed by atoms with E-state index in [0.717, 1.165) is 25.7 Å². The van der Waals surface area contributed by atoms with E-state index in [9.17, 15) is 14.0 Å². The zero-order valence-electron chi connectivity index (χ0n) is 13.3. The molecule has 1 saturated heterocycles. The van der Waals surface area contributed by atoms with Crippen molar-refractivity contribution < 1.29 is 18.7 Å². The standard InChI is InChI=1S/C17H20ClFN2O3/c18-12-9-11(1-2-13(12)19)16(23)21-7-5-17(6-8-21)4-3-14(17)24-10-15(20)22/h1-2,9,14H,3-8,10H2,(H2,20,22). The number of halogens is 2. The summed E-state index contributed by atoms with van der Waals surface area (Å²) in [5.74, 6) is -1.13. The fourth-order valence-corrected chi connectivity index (χ4v) is 3.83. The highest BCUT2D eigenvalue weighted by molar-refractivity contribution is 6.31. The van der Waals surface area contributed by atoms with Gasteiger partial charge in [0, 0.05) is 24.1 Å². The van der Waals surface area contributed by atoms with Gasteiger partial charge >= 0.3 is 0 Å². The Hall–Kier alpha value is -1.66. The molecule has 1 atom stereocenters. The first-order chi connectivity index (χ1) is 11.4. The first-order valence-corrected chi connectivity index (χ1v) is 8.43. The lowest BCUT2D eigenvalue weighted by molar-refractivity contribution is -0.148. The van der Waals surface area contributed by atoms with Crippen molar-refractivity contribution in [2.45, 2.75) is 31.8 Å². The maximum atomic E-state index is 13.2. The highest BCUT2D eigenvalue weighted by Gasteiger charge is 2.49. The molecule has 2 amide bonds. The van der Waals surface area contributed by atoms with E-state index in [0.29, 0.717) is 18.7 Å². The van der Waals surface area contributed by atoms with Gasteiger partial charge in [0.05, 0.1) is 11.1 Å². The van der Waals surface area contributed by atoms with Gasteiger partial charge in [0.2, 0.25) is 5.91 Å². The van der Waals surface area contributed by atoms with Crippen molar-refractivity contribution in [3.8, 4) is 0 Å². The van der Waals surface area contributed by atoms with Crippen molar-refractivity contribution in [2.24, 2.45) is 11.1 Å². The summed E-state index contributed by atoms with van der Waals surface area (Å²) in [4.78, 5) is 25.2. The molecule has 1 aliphatic carbocycles. The number of piperidine rings is 1. The number of ether oxygens (including phenoxy) is 1. The Labute approximate surface area is 144 Å². The van der Waals surface area contributed by atoms with Crippen LogP contribution in [0.25, 0.3) is 0 Å². The number of hydrogen-bond donors (Lipinski definition) is 1. The van der Waals surface area contributed by atoms with Crippen LogP contribution in [0.15, 0.2) is 18.2 Å². The first-order valence-electron chi connectivity index (χ1n) is 8.05. The van der Waals surface area contributed by atoms with E-state index in [1.165, 1.54) is 18.2 Å². The summed E-state index contributed by atoms with van der Waals surface area (Å²) < 4.78 is 18.8. The summed E-state index contributed by atoms with van der Waals surface area (Å²) >= 11 is 5.75. The Kier molecular flexibility index (Phi) is 4.78. The summed E-state index contributed by atoms with van der Waals surface area (Å²) in [6.07, 6.45) is 3.67. The third-order valence-electron chi connectivity index (χ3n) is 5.23. The van der Waals surface area contributed by atoms with Gasteiger partial charge in [0.15, 0.2) is 0 Å². The minimum Gasteiger partial charge on any atom is -0.368 e. The molecule has 1 heterocycles. The molecule has 130 valence electrons. The maximum absolute atomic E-state index is 13.2. The van der Waals surface area contributed by atoms with Gasteiger partial charge in [-0.15, -0.1) is 0 Å². The van der Waals surface area contributed by atoms with E-state index in [1.54, 1.807) is 4.90 Å². The third kappa shape index (κ3) is 3.26. The molecular weight excluding hydrogens is 335 g/mol. The Bertz CT molecular complexity index is 659. The van der Waals surface area contributed by atoms with E-state index < -0.39 is 11.7 Å². The van der Waals surface area contributed by atoms with Crippen molar-refractivity contribution in [1.29, 1.82) is 0 Å². The average molecular weight is 355 g/mol. The van der Waals surface area contributed by atoms with Gasteiger partial charge in [0.1, 0.15) is 12.4 Å². The molecule has 2 fully saturated rings. The molecule has 2 aliphatic rings. The lowest BCUT2D eigenvalue weighted by atomic mass is 9.60. The maximum Gasteiger partial charge on any atom is 0.253 e. The molecule has 1 aromatic carbocycles. The Morgan fingerprint density at radius 1 is 1.33 bits per heavy atom. The average Bonchev–Trinajstić information content (AvgIpc) is 2.55. The van der Waals surface area contributed by atoms with E-state index in [1.807, 2.05) is 0 Å². The van der Waals surface area contributed by atoms with Gasteiger partial charge in [-0.2, -0.15) is 0 Å². The molecule has 1 saturated carbocycles. The van der Waals surface area contributed by atoms with E-state index >= 15 is 0 Å². The molecule has 0 bridgehead atoms. The van der Waals surface area contributed by atoms with Crippen LogP contribution < -0.4 is 5.73 Å². The predicted octanol–water partition coefficient (Wildman–Crippen LogP) is 2.37. The number of carbonyl (C=O) groups excluding carboxylic acids is 2. The lowest BCUT2D eigenvalue weighted by Crippen LogP contribution is -2.54. The minimum atomic E-state index is -0.533. The van der Waals surface area contributed by atoms with Gasteiger partial charge < -0.3 is 15.4 Å². The Morgan fingerprint density at radius 2 is 2.04 bits per heavy atom. The molecule has 3 rings (SSSR count). The fourth-order valence-electron chi connectivity index (χ4n) is 3.65. The highest BCUT2D eigenvalue weighted by Crippen LogP contribution is 2.50. The molecule has 5 nitrogen and oxygen atoms in total. The zero-order valence-corrected chi connectivity index (χ0v) is 14.0. The Balaban J connectivity index is 1.59. The van der Waals surface area contributed by atoms with Crippen LogP contribution in [0.5, 0.6) is 0 Å². The predicted molar refractivity (Wildman–Crippen MR) is 87.1 cm³/mol. The van der Waals surface area contributed by atoms with Gasteiger partial charge in [0.25, 0.3) is 5.91 Å². The summed E-state index contributed by atoms with van der Waals surface area (Å²) in [7, 11) is 0. The summed E-state index contributed by atoms with van der Waals surface area (Å²) in [6.45, 7) is 1.18. The molecule has 1 spiro atoms. The van der Waals surface area contributed by atoms with Crippen molar-refractivity contribution >= 4 is 23.4 Å². The number of likely N-dealkylation sites (tertiary alicyclic amines) is 1. The number of hydrogen-bond acceptors (Lipinski definition) is 3. The fraction of sp³-hybridized carbons (Fsp3) is 0.529. The number of rotatable bonds is 4. The summed E-state index contributed by atoms with van der Waals surface area (Å²) in [5.41, 5.74) is 5.58. The third-order valence-corrected chi connectivity index (χ3v) is 5.52. The van der Waals surface area contributed by atoms with Crippen molar-refractivity contribution in [1.82, 2.24) is 4.90 Å². The van der Waals surface area contributed by atoms with E-state index in [2.05, 4.69) is 0 Å². The van der Waals surface area contributed by atoms with Crippen LogP contribution in [0, 0.1) is 11.2 Å². The topological polar surface area (TPSA) is 72.6 Å². The first kappa shape index (κ1) is 17.2. The van der Waals surface area contributed by atoms with Crippen molar-refractivity contribution in [3.05, 3.63) is 34.6 Å². The van der Waals surface area contributed by atoms with Crippen LogP contribution in [0.3, 0.4) is 0 Å². The van der Waals surface area contributed by atoms with Crippen LogP contribution in [0.2, 0.25) is 5.02 Å². The number of nitrogens with two attached hydrogens (primary N) is 1. The van der Waals surface area contributed by atoms with E-state index in [-0.39, 0.29) is 29.1 Å². The van der Waals surface area contributed by atoms with Crippen LogP contribution in [0.1, 0.15) is 36.0 Å². The van der Waals surface area contributed by atoms with Crippen LogP contribution in [-0.2, 0) is 9.53 Å². The molecule has 2 N–H and O–H groups in total. The monoisotopic (exact) mass is 354 g/mol. The second kappa shape index (κ2) is 6.69. The van der Waals surface area contributed by atoms with Gasteiger partial charge in [-0.1, -0.05) is 11.6 Å². The molecule has 1 unspecified atom stereocenters. The number of carbonyl (C=O) groups is 2. The number of amides is 2. The molecule has 0 aromatic heterocycles. The lowest BCUT2D eigenvalue weighted by Gasteiger charge is -2.53. The number of nitrogens with zero attached hydrogens (tertiary/aromatic N) is 1. The second-order valence-corrected chi connectivity index (χ2v) is 7.00. The number of benzene rings is 1. The Morgan fingerprint density at radius 3 is 2.58 bits per heavy atom. The molecule has 0 radical (unpaired) electrons. The van der Waals surface area contributed by atoms with E-state index in [4.69, 9.17) is 22.1 Å². The summed E-state index contributed by atoms with van der Waals surface area (Å²) in [5, 5.41) is -0.0479. The summed E-state index contributed by atoms with van der Waals surface area (Å²) in [6, 6.07) is 4.03. The zero-order chi connectivity index (χ0) is 17.3. The van der Waals surface area contributed by atoms with Gasteiger partial charge in [-0.05, 0) is 43.9 Å². The smallest absolute Gasteiger partial charge is 0.253 e. The van der Waals surface area contributed by atoms with Crippen LogP contribution in [0.4, 0.5) is 4.39 Å². The molecule has 1 aliphatic heterocycles. The van der Waals surface area contributed by atoms with Crippen LogP contribution >= 0.6 is 11.6 Å². The van der Waals surface area contributed by atoms with Crippen LogP contribution in [-0.4, -0.2) is 42.5 Å².